The summed E-state index contributed by atoms with van der Waals surface area (Å²) < 4.78 is 8.27. The van der Waals surface area contributed by atoms with E-state index in [0.29, 0.717) is 0 Å². The minimum Gasteiger partial charge on any atom is -0.456 e. The minimum atomic E-state index is 0.757. The van der Waals surface area contributed by atoms with Crippen molar-refractivity contribution in [2.45, 2.75) is 6.92 Å². The van der Waals surface area contributed by atoms with Gasteiger partial charge in [0.25, 0.3) is 0 Å². The third-order valence-corrected chi connectivity index (χ3v) is 5.42. The van der Waals surface area contributed by atoms with Gasteiger partial charge in [-0.05, 0) is 30.7 Å². The van der Waals surface area contributed by atoms with E-state index in [4.69, 9.17) is 17.2 Å². The number of furan rings is 1. The molecule has 2 radical (unpaired) electrons. The van der Waals surface area contributed by atoms with Crippen LogP contribution in [0.2, 0.25) is 0 Å². The number of aryl methyl sites for hydroxylation is 1. The van der Waals surface area contributed by atoms with E-state index >= 15 is 0 Å². The highest BCUT2D eigenvalue weighted by Gasteiger charge is 2.15. The summed E-state index contributed by atoms with van der Waals surface area (Å²) in [5, 5.41) is 4.41. The summed E-state index contributed by atoms with van der Waals surface area (Å²) in [6.07, 6.45) is 1.90. The molecule has 28 heavy (non-hydrogen) atoms. The van der Waals surface area contributed by atoms with Gasteiger partial charge < -0.3 is 4.42 Å². The fourth-order valence-corrected chi connectivity index (χ4v) is 4.13. The molecule has 3 aromatic carbocycles. The zero-order valence-corrected chi connectivity index (χ0v) is 15.3. The molecule has 6 aromatic rings. The topological polar surface area (TPSA) is 31.0 Å². The number of pyridine rings is 1. The second-order valence-electron chi connectivity index (χ2n) is 7.27. The highest BCUT2D eigenvalue weighted by molar-refractivity contribution is 6.34. The zero-order valence-electron chi connectivity index (χ0n) is 15.3. The van der Waals surface area contributed by atoms with Crippen LogP contribution in [-0.4, -0.2) is 17.4 Å². The SMILES string of the molecule is [B]c1ccc2c(c1)c1ccc(C)cc1n2-c1cc2oc3ccccc3c2cn1. The number of para-hydroxylation sites is 1. The van der Waals surface area contributed by atoms with Crippen LogP contribution >= 0.6 is 0 Å². The number of rotatable bonds is 1. The Morgan fingerprint density at radius 3 is 2.61 bits per heavy atom. The van der Waals surface area contributed by atoms with Gasteiger partial charge in [-0.1, -0.05) is 47.9 Å². The number of benzene rings is 3. The Balaban J connectivity index is 1.73. The molecule has 0 aliphatic carbocycles. The molecular weight excluding hydrogens is 343 g/mol. The van der Waals surface area contributed by atoms with Crippen molar-refractivity contribution in [1.29, 1.82) is 0 Å². The van der Waals surface area contributed by atoms with Crippen molar-refractivity contribution in [2.24, 2.45) is 0 Å². The molecule has 130 valence electrons. The Morgan fingerprint density at radius 2 is 1.68 bits per heavy atom. The Morgan fingerprint density at radius 1 is 0.786 bits per heavy atom. The minimum absolute atomic E-state index is 0.757. The number of hydrogen-bond donors (Lipinski definition) is 0. The van der Waals surface area contributed by atoms with Crippen molar-refractivity contribution in [1.82, 2.24) is 9.55 Å². The standard InChI is InChI=1S/C24H15BN2O/c1-14-6-8-16-18-11-15(25)7-9-20(18)27(21(16)10-14)24-12-23-19(13-26-24)17-4-2-3-5-22(17)28-23/h2-13H,1H3. The molecule has 0 amide bonds. The van der Waals surface area contributed by atoms with Crippen LogP contribution in [0.4, 0.5) is 0 Å². The van der Waals surface area contributed by atoms with E-state index in [9.17, 15) is 0 Å². The molecule has 3 heterocycles. The van der Waals surface area contributed by atoms with Gasteiger partial charge in [0, 0.05) is 33.8 Å². The van der Waals surface area contributed by atoms with Gasteiger partial charge in [-0.25, -0.2) is 4.98 Å². The highest BCUT2D eigenvalue weighted by Crippen LogP contribution is 2.34. The number of hydrogen-bond acceptors (Lipinski definition) is 2. The van der Waals surface area contributed by atoms with E-state index in [-0.39, 0.29) is 0 Å². The predicted molar refractivity (Wildman–Crippen MR) is 116 cm³/mol. The average Bonchev–Trinajstić information content (AvgIpc) is 3.22. The first-order chi connectivity index (χ1) is 13.7. The first-order valence-corrected chi connectivity index (χ1v) is 9.27. The second kappa shape index (κ2) is 5.49. The largest absolute Gasteiger partial charge is 0.456 e. The molecule has 0 saturated carbocycles. The van der Waals surface area contributed by atoms with Gasteiger partial charge in [0.2, 0.25) is 0 Å². The first kappa shape index (κ1) is 15.5. The van der Waals surface area contributed by atoms with Crippen molar-refractivity contribution in [3.8, 4) is 5.82 Å². The third-order valence-electron chi connectivity index (χ3n) is 5.42. The van der Waals surface area contributed by atoms with E-state index in [1.807, 2.05) is 42.6 Å². The Labute approximate surface area is 162 Å². The number of aromatic nitrogens is 2. The van der Waals surface area contributed by atoms with Crippen LogP contribution in [0.1, 0.15) is 5.56 Å². The van der Waals surface area contributed by atoms with E-state index in [2.05, 4.69) is 41.8 Å². The van der Waals surface area contributed by atoms with Crippen LogP contribution < -0.4 is 5.46 Å². The molecule has 6 rings (SSSR count). The summed E-state index contributed by atoms with van der Waals surface area (Å²) in [6, 6.07) is 22.6. The van der Waals surface area contributed by atoms with E-state index in [1.54, 1.807) is 0 Å². The summed E-state index contributed by atoms with van der Waals surface area (Å²) in [5.41, 5.74) is 5.87. The molecule has 0 bridgehead atoms. The van der Waals surface area contributed by atoms with Crippen molar-refractivity contribution < 1.29 is 4.42 Å². The van der Waals surface area contributed by atoms with E-state index < -0.39 is 0 Å². The van der Waals surface area contributed by atoms with Gasteiger partial charge in [0.1, 0.15) is 24.8 Å². The molecule has 3 aromatic heterocycles. The van der Waals surface area contributed by atoms with Crippen LogP contribution in [0.5, 0.6) is 0 Å². The van der Waals surface area contributed by atoms with Crippen molar-refractivity contribution in [2.75, 3.05) is 0 Å². The lowest BCUT2D eigenvalue weighted by Crippen LogP contribution is -2.01. The molecule has 0 fully saturated rings. The third kappa shape index (κ3) is 2.09. The van der Waals surface area contributed by atoms with Gasteiger partial charge >= 0.3 is 0 Å². The molecule has 0 unspecified atom stereocenters. The molecule has 3 nitrogen and oxygen atoms in total. The number of fused-ring (bicyclic) bond motifs is 6. The summed E-state index contributed by atoms with van der Waals surface area (Å²) >= 11 is 0. The Kier molecular flexibility index (Phi) is 3.04. The lowest BCUT2D eigenvalue weighted by atomic mass is 9.94. The highest BCUT2D eigenvalue weighted by atomic mass is 16.3. The molecule has 4 heteroatoms. The molecular formula is C24H15BN2O. The van der Waals surface area contributed by atoms with E-state index in [1.165, 1.54) is 10.9 Å². The quantitative estimate of drug-likeness (QED) is 0.379. The van der Waals surface area contributed by atoms with Crippen LogP contribution in [0, 0.1) is 6.92 Å². The van der Waals surface area contributed by atoms with Crippen molar-refractivity contribution >= 4 is 57.1 Å². The molecule has 0 spiro atoms. The molecule has 0 saturated heterocycles. The Bertz CT molecular complexity index is 1540. The average molecular weight is 358 g/mol. The predicted octanol–water partition coefficient (Wildman–Crippen LogP) is 5.18. The van der Waals surface area contributed by atoms with Crippen molar-refractivity contribution in [3.05, 3.63) is 78.5 Å². The van der Waals surface area contributed by atoms with Gasteiger partial charge in [-0.2, -0.15) is 0 Å². The zero-order chi connectivity index (χ0) is 18.8. The maximum atomic E-state index is 6.08. The van der Waals surface area contributed by atoms with Gasteiger partial charge in [0.05, 0.1) is 11.0 Å². The van der Waals surface area contributed by atoms with Crippen LogP contribution in [0.3, 0.4) is 0 Å². The maximum Gasteiger partial charge on any atom is 0.141 e. The lowest BCUT2D eigenvalue weighted by molar-refractivity contribution is 0.668. The first-order valence-electron chi connectivity index (χ1n) is 9.27. The second-order valence-corrected chi connectivity index (χ2v) is 7.27. The maximum absolute atomic E-state index is 6.08. The molecule has 0 atom stereocenters. The van der Waals surface area contributed by atoms with Crippen LogP contribution in [-0.2, 0) is 0 Å². The molecule has 0 aliphatic heterocycles. The van der Waals surface area contributed by atoms with Gasteiger partial charge in [0.15, 0.2) is 0 Å². The summed E-state index contributed by atoms with van der Waals surface area (Å²) in [6.45, 7) is 2.10. The fourth-order valence-electron chi connectivity index (χ4n) is 4.13. The fraction of sp³-hybridized carbons (Fsp3) is 0.0417. The van der Waals surface area contributed by atoms with Crippen LogP contribution in [0.15, 0.2) is 77.3 Å². The molecule has 0 N–H and O–H groups in total. The van der Waals surface area contributed by atoms with Crippen molar-refractivity contribution in [3.63, 3.8) is 0 Å². The Hall–Kier alpha value is -3.53. The van der Waals surface area contributed by atoms with Gasteiger partial charge in [-0.15, -0.1) is 0 Å². The summed E-state index contributed by atoms with van der Waals surface area (Å²) in [5.74, 6) is 0.835. The smallest absolute Gasteiger partial charge is 0.141 e. The monoisotopic (exact) mass is 358 g/mol. The van der Waals surface area contributed by atoms with E-state index in [0.717, 1.165) is 49.6 Å². The summed E-state index contributed by atoms with van der Waals surface area (Å²) in [4.78, 5) is 4.80. The van der Waals surface area contributed by atoms with Gasteiger partial charge in [-0.3, -0.25) is 4.57 Å². The summed E-state index contributed by atoms with van der Waals surface area (Å²) in [7, 11) is 6.07. The lowest BCUT2D eigenvalue weighted by Gasteiger charge is -2.07. The number of nitrogens with zero attached hydrogens (tertiary/aromatic N) is 2. The van der Waals surface area contributed by atoms with Crippen LogP contribution in [0.25, 0.3) is 49.6 Å². The molecule has 0 aliphatic rings. The normalized spacial score (nSPS) is 11.9.